The quantitative estimate of drug-likeness (QED) is 0.129. The van der Waals surface area contributed by atoms with E-state index in [9.17, 15) is 4.39 Å². The van der Waals surface area contributed by atoms with Crippen LogP contribution in [-0.2, 0) is 20.1 Å². The summed E-state index contributed by atoms with van der Waals surface area (Å²) >= 11 is 0. The van der Waals surface area contributed by atoms with Gasteiger partial charge in [0.25, 0.3) is 0 Å². The van der Waals surface area contributed by atoms with E-state index in [-0.39, 0.29) is 25.9 Å². The van der Waals surface area contributed by atoms with Crippen molar-refractivity contribution < 1.29 is 28.9 Å². The predicted molar refractivity (Wildman–Crippen MR) is 181 cm³/mol. The fourth-order valence-electron chi connectivity index (χ4n) is 5.18. The van der Waals surface area contributed by atoms with Gasteiger partial charge in [-0.1, -0.05) is 98.7 Å². The van der Waals surface area contributed by atoms with Gasteiger partial charge in [-0.05, 0) is 39.8 Å². The Labute approximate surface area is 278 Å². The summed E-state index contributed by atoms with van der Waals surface area (Å²) in [6, 6.07) is 41.7. The maximum absolute atomic E-state index is 12.8. The van der Waals surface area contributed by atoms with Gasteiger partial charge in [0, 0.05) is 49.6 Å². The van der Waals surface area contributed by atoms with E-state index in [4.69, 9.17) is 4.42 Å². The number of hydrogen-bond acceptors (Lipinski definition) is 3. The molecule has 0 aliphatic heterocycles. The van der Waals surface area contributed by atoms with Crippen LogP contribution < -0.4 is 5.19 Å². The molecule has 7 rings (SSSR count). The Kier molecular flexibility index (Phi) is 9.88. The summed E-state index contributed by atoms with van der Waals surface area (Å²) in [6.07, 6.45) is 3.81. The Morgan fingerprint density at radius 2 is 1.44 bits per heavy atom. The number of furan rings is 1. The van der Waals surface area contributed by atoms with Crippen molar-refractivity contribution in [3.05, 3.63) is 151 Å². The van der Waals surface area contributed by atoms with Crippen LogP contribution in [0.25, 0.3) is 44.5 Å². The zero-order valence-corrected chi connectivity index (χ0v) is 29.0. The normalized spacial score (nSPS) is 11.8. The van der Waals surface area contributed by atoms with Crippen LogP contribution in [-0.4, -0.2) is 18.0 Å². The minimum atomic E-state index is -1.30. The van der Waals surface area contributed by atoms with Gasteiger partial charge in [-0.25, -0.2) is 0 Å². The van der Waals surface area contributed by atoms with Crippen LogP contribution in [0.1, 0.15) is 24.0 Å². The molecule has 0 saturated heterocycles. The number of hydrogen-bond donors (Lipinski definition) is 0. The molecule has 6 heteroatoms. The molecule has 1 unspecified atom stereocenters. The molecule has 0 amide bonds. The molecule has 0 bridgehead atoms. The molecule has 0 aliphatic rings. The first-order valence-electron chi connectivity index (χ1n) is 14.7. The molecule has 3 aromatic heterocycles. The van der Waals surface area contributed by atoms with Crippen molar-refractivity contribution in [2.24, 2.45) is 0 Å². The first-order chi connectivity index (χ1) is 21.3. The summed E-state index contributed by atoms with van der Waals surface area (Å²) in [5.74, 6) is 0.0407. The van der Waals surface area contributed by atoms with Crippen LogP contribution in [0.3, 0.4) is 0 Å². The maximum Gasteiger partial charge on any atom is 0.120 e. The van der Waals surface area contributed by atoms with Crippen LogP contribution >= 0.6 is 0 Å². The summed E-state index contributed by atoms with van der Waals surface area (Å²) in [5.41, 5.74) is 7.89. The van der Waals surface area contributed by atoms with Gasteiger partial charge >= 0.3 is 0 Å². The van der Waals surface area contributed by atoms with Crippen LogP contribution in [0.4, 0.5) is 4.39 Å². The van der Waals surface area contributed by atoms with Crippen LogP contribution in [0, 0.1) is 17.9 Å². The molecular weight excluding hydrogens is 752 g/mol. The number of pyridine rings is 2. The number of nitrogens with zero attached hydrogens (tertiary/aromatic N) is 2. The predicted octanol–water partition coefficient (Wildman–Crippen LogP) is 9.83. The molecule has 45 heavy (non-hydrogen) atoms. The third-order valence-electron chi connectivity index (χ3n) is 7.85. The number of aromatic nitrogens is 2. The van der Waals surface area contributed by atoms with E-state index in [1.807, 2.05) is 48.8 Å². The van der Waals surface area contributed by atoms with E-state index in [1.165, 1.54) is 28.4 Å². The molecule has 1 radical (unpaired) electrons. The van der Waals surface area contributed by atoms with Crippen LogP contribution in [0.5, 0.6) is 0 Å². The number of rotatable bonds is 5. The monoisotopic (exact) mass is 785 g/mol. The van der Waals surface area contributed by atoms with E-state index in [1.54, 1.807) is 6.07 Å². The molecule has 0 aliphatic carbocycles. The minimum Gasteiger partial charge on any atom is -0.500 e. The van der Waals surface area contributed by atoms with Crippen LogP contribution in [0.2, 0.25) is 19.6 Å². The standard InChI is InChI=1S/C25H18NO.C14H15FNSi.Ir/c1-17(18-7-3-2-4-8-18)19-13-14-26-23(16-19)20-11-12-25-22(15-20)21-9-5-6-10-24(21)27-25;1-17(2,3)13-8-9-14(16-10-13)11-4-6-12(15)7-5-11;/h2-10,12-17H,1H3;4,6-10H,1-3H3;/q2*-1;. The average molecular weight is 785 g/mol. The topological polar surface area (TPSA) is 38.9 Å². The summed E-state index contributed by atoms with van der Waals surface area (Å²) < 4.78 is 18.7. The summed E-state index contributed by atoms with van der Waals surface area (Å²) in [5, 5.41) is 3.54. The third kappa shape index (κ3) is 7.37. The van der Waals surface area contributed by atoms with E-state index >= 15 is 0 Å². The second kappa shape index (κ2) is 13.8. The zero-order chi connectivity index (χ0) is 30.7. The van der Waals surface area contributed by atoms with Crippen molar-refractivity contribution in [3.8, 4) is 22.5 Å². The van der Waals surface area contributed by atoms with Crippen molar-refractivity contribution in [3.63, 3.8) is 0 Å². The molecule has 7 aromatic rings. The second-order valence-electron chi connectivity index (χ2n) is 11.9. The minimum absolute atomic E-state index is 0. The molecule has 4 aromatic carbocycles. The number of fused-ring (bicyclic) bond motifs is 3. The van der Waals surface area contributed by atoms with Gasteiger partial charge in [0.1, 0.15) is 5.58 Å². The largest absolute Gasteiger partial charge is 0.500 e. The van der Waals surface area contributed by atoms with Gasteiger partial charge in [-0.15, -0.1) is 53.6 Å². The SMILES string of the molecule is CC(c1ccccc1)c1ccnc(-c2[c-]cc3oc4ccccc4c3c2)c1.C[Si](C)(C)c1ccc(-c2[c-]cc(F)cc2)nc1.[Ir]. The molecule has 0 fully saturated rings. The van der Waals surface area contributed by atoms with Gasteiger partial charge in [0.2, 0.25) is 0 Å². The molecule has 0 spiro atoms. The zero-order valence-electron chi connectivity index (χ0n) is 25.6. The average Bonchev–Trinajstić information content (AvgIpc) is 3.43. The van der Waals surface area contributed by atoms with E-state index in [0.717, 1.165) is 44.5 Å². The molecular formula is C39H33FIrN2OSi-2. The summed E-state index contributed by atoms with van der Waals surface area (Å²) in [6.45, 7) is 9.08. The van der Waals surface area contributed by atoms with Gasteiger partial charge < -0.3 is 14.4 Å². The van der Waals surface area contributed by atoms with Crippen molar-refractivity contribution in [2.75, 3.05) is 0 Å². The first kappa shape index (κ1) is 32.2. The second-order valence-corrected chi connectivity index (χ2v) is 17.0. The first-order valence-corrected chi connectivity index (χ1v) is 18.2. The smallest absolute Gasteiger partial charge is 0.120 e. The summed E-state index contributed by atoms with van der Waals surface area (Å²) in [7, 11) is -1.30. The van der Waals surface area contributed by atoms with E-state index < -0.39 is 8.07 Å². The molecule has 0 N–H and O–H groups in total. The van der Waals surface area contributed by atoms with Gasteiger partial charge in [0.05, 0.1) is 13.7 Å². The Morgan fingerprint density at radius 3 is 2.16 bits per heavy atom. The maximum atomic E-state index is 12.8. The molecule has 227 valence electrons. The summed E-state index contributed by atoms with van der Waals surface area (Å²) in [4.78, 5) is 9.02. The number of benzene rings is 4. The van der Waals surface area contributed by atoms with E-state index in [2.05, 4.69) is 103 Å². The molecule has 3 nitrogen and oxygen atoms in total. The van der Waals surface area contributed by atoms with Gasteiger partial charge in [-0.3, -0.25) is 4.39 Å². The Hall–Kier alpha value is -4.22. The number of para-hydroxylation sites is 1. The van der Waals surface area contributed by atoms with Gasteiger partial charge in [-0.2, -0.15) is 0 Å². The Balaban J connectivity index is 0.000000193. The Morgan fingerprint density at radius 1 is 0.689 bits per heavy atom. The number of halogens is 1. The Bertz CT molecular complexity index is 2020. The van der Waals surface area contributed by atoms with Crippen molar-refractivity contribution in [1.82, 2.24) is 9.97 Å². The molecule has 0 saturated carbocycles. The van der Waals surface area contributed by atoms with Crippen LogP contribution in [0.15, 0.2) is 126 Å². The van der Waals surface area contributed by atoms with Crippen molar-refractivity contribution >= 4 is 35.2 Å². The fourth-order valence-corrected chi connectivity index (χ4v) is 6.21. The van der Waals surface area contributed by atoms with E-state index in [0.29, 0.717) is 5.92 Å². The van der Waals surface area contributed by atoms with Crippen molar-refractivity contribution in [2.45, 2.75) is 32.5 Å². The van der Waals surface area contributed by atoms with Gasteiger partial charge in [0.15, 0.2) is 0 Å². The molecule has 1 atom stereocenters. The van der Waals surface area contributed by atoms with Crippen molar-refractivity contribution in [1.29, 1.82) is 0 Å². The molecule has 3 heterocycles. The third-order valence-corrected chi connectivity index (χ3v) is 9.88. The fraction of sp³-hybridized carbons (Fsp3) is 0.128.